The van der Waals surface area contributed by atoms with E-state index in [1.165, 1.54) is 6.92 Å². The van der Waals surface area contributed by atoms with Crippen LogP contribution in [0.3, 0.4) is 0 Å². The Morgan fingerprint density at radius 1 is 1.63 bits per heavy atom. The quantitative estimate of drug-likeness (QED) is 0.449. The first-order valence-corrected chi connectivity index (χ1v) is 6.51. The predicted molar refractivity (Wildman–Crippen MR) is 75.7 cm³/mol. The molecule has 0 fully saturated rings. The fraction of sp³-hybridized carbons (Fsp3) is 0.364. The maximum absolute atomic E-state index is 13.4. The van der Waals surface area contributed by atoms with Gasteiger partial charge in [-0.1, -0.05) is 6.92 Å². The maximum Gasteiger partial charge on any atom is 0.306 e. The van der Waals surface area contributed by atoms with E-state index in [2.05, 4.69) is 5.32 Å². The Bertz CT molecular complexity index is 510. The minimum atomic E-state index is -0.940. The van der Waals surface area contributed by atoms with Crippen molar-refractivity contribution in [3.63, 3.8) is 0 Å². The molecule has 1 unspecified atom stereocenters. The van der Waals surface area contributed by atoms with Crippen LogP contribution < -0.4 is 5.32 Å². The Kier molecular flexibility index (Phi) is 5.45. The second-order valence-electron chi connectivity index (χ2n) is 4.00. The molecule has 1 aromatic carbocycles. The number of halogens is 2. The van der Waals surface area contributed by atoms with E-state index in [0.29, 0.717) is 6.42 Å². The highest BCUT2D eigenvalue weighted by Crippen LogP contribution is 2.28. The summed E-state index contributed by atoms with van der Waals surface area (Å²) in [6, 6.07) is 2.18. The van der Waals surface area contributed by atoms with Gasteiger partial charge in [-0.25, -0.2) is 4.39 Å². The largest absolute Gasteiger partial charge is 0.481 e. The van der Waals surface area contributed by atoms with E-state index in [1.807, 2.05) is 0 Å². The number of carbonyl (C=O) groups is 1. The number of nitrogens with zero attached hydrogens (tertiary/aromatic N) is 1. The highest BCUT2D eigenvalue weighted by Gasteiger charge is 2.18. The third-order valence-corrected chi connectivity index (χ3v) is 3.38. The van der Waals surface area contributed by atoms with Crippen LogP contribution in [-0.4, -0.2) is 22.5 Å². The van der Waals surface area contributed by atoms with Crippen molar-refractivity contribution >= 4 is 39.9 Å². The number of aliphatic carboxylic acids is 1. The summed E-state index contributed by atoms with van der Waals surface area (Å²) in [5, 5.41) is 22.2. The fourth-order valence-electron chi connectivity index (χ4n) is 1.38. The van der Waals surface area contributed by atoms with Crippen molar-refractivity contribution in [1.82, 2.24) is 0 Å². The summed E-state index contributed by atoms with van der Waals surface area (Å²) < 4.78 is 13.5. The van der Waals surface area contributed by atoms with E-state index >= 15 is 0 Å². The molecule has 0 spiro atoms. The summed E-state index contributed by atoms with van der Waals surface area (Å²) in [6.45, 7) is 1.75. The summed E-state index contributed by atoms with van der Waals surface area (Å²) in [6.07, 6.45) is 0.292. The van der Waals surface area contributed by atoms with E-state index in [1.54, 1.807) is 22.6 Å². The van der Waals surface area contributed by atoms with Gasteiger partial charge < -0.3 is 10.4 Å². The number of benzene rings is 1. The molecule has 1 aromatic rings. The Hall–Kier alpha value is -1.45. The van der Waals surface area contributed by atoms with E-state index in [0.717, 1.165) is 12.1 Å². The number of carboxylic acid groups (broad SMARTS) is 1. The molecule has 0 aliphatic rings. The monoisotopic (exact) mass is 382 g/mol. The highest BCUT2D eigenvalue weighted by atomic mass is 127. The molecule has 2 N–H and O–H groups in total. The lowest BCUT2D eigenvalue weighted by molar-refractivity contribution is -0.384. The second kappa shape index (κ2) is 6.64. The molecule has 0 heterocycles. The molecular weight excluding hydrogens is 370 g/mol. The first-order chi connectivity index (χ1) is 8.82. The number of carboxylic acids is 1. The van der Waals surface area contributed by atoms with Crippen LogP contribution in [0.15, 0.2) is 12.1 Å². The van der Waals surface area contributed by atoms with E-state index < -0.39 is 22.6 Å². The van der Waals surface area contributed by atoms with Crippen LogP contribution in [0, 0.1) is 25.4 Å². The highest BCUT2D eigenvalue weighted by molar-refractivity contribution is 14.1. The van der Waals surface area contributed by atoms with Crippen LogP contribution in [0.5, 0.6) is 0 Å². The molecule has 0 aromatic heterocycles. The lowest BCUT2D eigenvalue weighted by Gasteiger charge is -2.10. The van der Waals surface area contributed by atoms with Crippen molar-refractivity contribution < 1.29 is 19.2 Å². The number of anilines is 1. The fourth-order valence-corrected chi connectivity index (χ4v) is 1.83. The van der Waals surface area contributed by atoms with Gasteiger partial charge in [-0.15, -0.1) is 0 Å². The Morgan fingerprint density at radius 3 is 2.79 bits per heavy atom. The zero-order valence-electron chi connectivity index (χ0n) is 10.0. The van der Waals surface area contributed by atoms with Gasteiger partial charge in [0.05, 0.1) is 14.4 Å². The molecule has 104 valence electrons. The van der Waals surface area contributed by atoms with Gasteiger partial charge in [-0.05, 0) is 29.0 Å². The molecule has 0 bridgehead atoms. The number of hydrogen-bond acceptors (Lipinski definition) is 4. The normalized spacial score (nSPS) is 11.9. The Labute approximate surface area is 122 Å². The lowest BCUT2D eigenvalue weighted by atomic mass is 10.1. The van der Waals surface area contributed by atoms with Crippen LogP contribution in [0.4, 0.5) is 15.8 Å². The van der Waals surface area contributed by atoms with Crippen LogP contribution >= 0.6 is 22.6 Å². The first kappa shape index (κ1) is 15.6. The van der Waals surface area contributed by atoms with Crippen LogP contribution in [-0.2, 0) is 4.79 Å². The third-order valence-electron chi connectivity index (χ3n) is 2.55. The molecule has 8 heteroatoms. The summed E-state index contributed by atoms with van der Waals surface area (Å²) in [7, 11) is 0. The van der Waals surface area contributed by atoms with E-state index in [-0.39, 0.29) is 21.5 Å². The SMILES string of the molecule is CC(CCNc1cc(F)c(I)cc1[N+](=O)[O-])C(=O)O. The molecular formula is C11H12FIN2O4. The predicted octanol–water partition coefficient (Wildman–Crippen LogP) is 2.86. The standard InChI is InChI=1S/C11H12FIN2O4/c1-6(11(16)17)2-3-14-9-4-7(12)8(13)5-10(9)15(18)19/h4-6,14H,2-3H2,1H3,(H,16,17). The van der Waals surface area contributed by atoms with Crippen molar-refractivity contribution in [2.45, 2.75) is 13.3 Å². The van der Waals surface area contributed by atoms with E-state index in [9.17, 15) is 19.3 Å². The van der Waals surface area contributed by atoms with Crippen molar-refractivity contribution in [1.29, 1.82) is 0 Å². The molecule has 0 saturated carbocycles. The number of nitro benzene ring substituents is 1. The van der Waals surface area contributed by atoms with Gasteiger partial charge in [0, 0.05) is 18.7 Å². The second-order valence-corrected chi connectivity index (χ2v) is 5.16. The molecule has 0 saturated heterocycles. The summed E-state index contributed by atoms with van der Waals surface area (Å²) in [5.41, 5.74) is -0.172. The minimum Gasteiger partial charge on any atom is -0.481 e. The van der Waals surface area contributed by atoms with Gasteiger partial charge in [0.25, 0.3) is 5.69 Å². The Balaban J connectivity index is 2.80. The van der Waals surface area contributed by atoms with Crippen LogP contribution in [0.2, 0.25) is 0 Å². The van der Waals surface area contributed by atoms with Crippen molar-refractivity contribution in [3.8, 4) is 0 Å². The van der Waals surface area contributed by atoms with Crippen molar-refractivity contribution in [2.24, 2.45) is 5.92 Å². The van der Waals surface area contributed by atoms with Gasteiger partial charge >= 0.3 is 5.97 Å². The third kappa shape index (κ3) is 4.30. The number of rotatable bonds is 6. The number of nitro groups is 1. The molecule has 1 rings (SSSR count). The molecule has 0 aliphatic carbocycles. The Morgan fingerprint density at radius 2 is 2.26 bits per heavy atom. The minimum absolute atomic E-state index is 0.0560. The molecule has 0 aliphatic heterocycles. The first-order valence-electron chi connectivity index (χ1n) is 5.43. The van der Waals surface area contributed by atoms with Gasteiger partial charge in [0.2, 0.25) is 0 Å². The van der Waals surface area contributed by atoms with Crippen LogP contribution in [0.1, 0.15) is 13.3 Å². The zero-order chi connectivity index (χ0) is 14.6. The average molecular weight is 382 g/mol. The zero-order valence-corrected chi connectivity index (χ0v) is 12.2. The molecule has 6 nitrogen and oxygen atoms in total. The topological polar surface area (TPSA) is 92.5 Å². The number of hydrogen-bond donors (Lipinski definition) is 2. The molecule has 0 radical (unpaired) electrons. The smallest absolute Gasteiger partial charge is 0.306 e. The van der Waals surface area contributed by atoms with E-state index in [4.69, 9.17) is 5.11 Å². The summed E-state index contributed by atoms with van der Waals surface area (Å²) in [5.74, 6) is -2.06. The number of nitrogens with one attached hydrogen (secondary N) is 1. The lowest BCUT2D eigenvalue weighted by Crippen LogP contribution is -2.15. The van der Waals surface area contributed by atoms with Crippen LogP contribution in [0.25, 0.3) is 0 Å². The molecule has 1 atom stereocenters. The van der Waals surface area contributed by atoms with Gasteiger partial charge in [0.1, 0.15) is 11.5 Å². The molecule has 0 amide bonds. The van der Waals surface area contributed by atoms with Gasteiger partial charge in [-0.2, -0.15) is 0 Å². The van der Waals surface area contributed by atoms with Crippen molar-refractivity contribution in [2.75, 3.05) is 11.9 Å². The summed E-state index contributed by atoms with van der Waals surface area (Å²) >= 11 is 1.67. The molecule has 19 heavy (non-hydrogen) atoms. The van der Waals surface area contributed by atoms with Gasteiger partial charge in [0.15, 0.2) is 0 Å². The maximum atomic E-state index is 13.4. The van der Waals surface area contributed by atoms with Gasteiger partial charge in [-0.3, -0.25) is 14.9 Å². The summed E-state index contributed by atoms with van der Waals surface area (Å²) in [4.78, 5) is 20.8. The van der Waals surface area contributed by atoms with Crippen molar-refractivity contribution in [3.05, 3.63) is 31.6 Å². The average Bonchev–Trinajstić information content (AvgIpc) is 2.32.